The van der Waals surface area contributed by atoms with Crippen molar-refractivity contribution in [1.82, 2.24) is 25.0 Å². The van der Waals surface area contributed by atoms with Gasteiger partial charge in [-0.3, -0.25) is 14.5 Å². The smallest absolute Gasteiger partial charge is 0.352 e. The highest BCUT2D eigenvalue weighted by Crippen LogP contribution is 2.40. The number of aliphatic carboxylic acids is 2. The molecule has 0 bridgehead atoms. The second kappa shape index (κ2) is 13.7. The third kappa shape index (κ3) is 6.76. The molecule has 17 nitrogen and oxygen atoms in total. The highest BCUT2D eigenvalue weighted by molar-refractivity contribution is 8.00. The normalized spacial score (nSPS) is 18.5. The van der Waals surface area contributed by atoms with E-state index in [4.69, 9.17) is 27.3 Å². The number of nitrogens with two attached hydrogens (primary N) is 1. The molecule has 1 saturated heterocycles. The van der Waals surface area contributed by atoms with Crippen LogP contribution in [0.2, 0.25) is 4.34 Å². The minimum atomic E-state index is -1.42. The molecule has 5 rings (SSSR count). The number of nitrogen functional groups attached to an aromatic ring is 1. The molecular formula is C26H27ClN9O8S2+. The fourth-order valence-corrected chi connectivity index (χ4v) is 6.84. The minimum Gasteiger partial charge on any atom is -0.478 e. The number of nitrogens with one attached hydrogen (secondary N) is 2. The van der Waals surface area contributed by atoms with Gasteiger partial charge in [0.1, 0.15) is 33.0 Å². The van der Waals surface area contributed by atoms with Crippen LogP contribution >= 0.6 is 34.7 Å². The molecule has 0 radical (unpaired) electrons. The maximum absolute atomic E-state index is 13.3. The second-order valence-electron chi connectivity index (χ2n) is 9.87. The van der Waals surface area contributed by atoms with Gasteiger partial charge in [0.2, 0.25) is 6.10 Å². The SMILES string of the molecule is C[C@H](ON=C(C(=O)N[C@@H]1C(=O)N2C(C(=O)O)=C(C[n+]3ccc(Nc4ccnn4CCO)cc3)CSC12)c1nc(N)sc1Cl)C(=O)O. The molecule has 0 aromatic carbocycles. The Labute approximate surface area is 273 Å². The van der Waals surface area contributed by atoms with E-state index in [1.165, 1.54) is 18.7 Å². The first-order chi connectivity index (χ1) is 22.0. The van der Waals surface area contributed by atoms with Crippen molar-refractivity contribution in [3.63, 3.8) is 0 Å². The summed E-state index contributed by atoms with van der Waals surface area (Å²) in [5.41, 5.74) is 6.08. The molecule has 0 aliphatic carbocycles. The van der Waals surface area contributed by atoms with E-state index >= 15 is 0 Å². The van der Waals surface area contributed by atoms with Gasteiger partial charge in [-0.2, -0.15) is 5.10 Å². The summed E-state index contributed by atoms with van der Waals surface area (Å²) in [4.78, 5) is 60.1. The van der Waals surface area contributed by atoms with E-state index in [-0.39, 0.29) is 39.8 Å². The minimum absolute atomic E-state index is 0.0121. The molecule has 1 unspecified atom stereocenters. The lowest BCUT2D eigenvalue weighted by Gasteiger charge is -2.49. The quantitative estimate of drug-likeness (QED) is 0.0610. The van der Waals surface area contributed by atoms with Crippen molar-refractivity contribution in [3.05, 3.63) is 58.1 Å². The van der Waals surface area contributed by atoms with Crippen LogP contribution in [0.3, 0.4) is 0 Å². The molecule has 7 N–H and O–H groups in total. The lowest BCUT2D eigenvalue weighted by atomic mass is 10.0. The molecule has 3 aromatic rings. The van der Waals surface area contributed by atoms with Gasteiger partial charge in [0.25, 0.3) is 11.8 Å². The van der Waals surface area contributed by atoms with Crippen LogP contribution in [0.25, 0.3) is 0 Å². The lowest BCUT2D eigenvalue weighted by Crippen LogP contribution is -2.71. The van der Waals surface area contributed by atoms with E-state index in [0.29, 0.717) is 17.9 Å². The van der Waals surface area contributed by atoms with E-state index < -0.39 is 47.0 Å². The molecule has 242 valence electrons. The molecule has 0 saturated carbocycles. The molecule has 0 spiro atoms. The highest BCUT2D eigenvalue weighted by Gasteiger charge is 2.55. The Bertz CT molecular complexity index is 1740. The predicted octanol–water partition coefficient (Wildman–Crippen LogP) is 0.231. The van der Waals surface area contributed by atoms with Crippen LogP contribution in [0.15, 0.2) is 53.2 Å². The number of aliphatic hydroxyl groups is 1. The summed E-state index contributed by atoms with van der Waals surface area (Å²) < 4.78 is 3.37. The van der Waals surface area contributed by atoms with Gasteiger partial charge < -0.3 is 36.5 Å². The number of thiazole rings is 1. The summed E-state index contributed by atoms with van der Waals surface area (Å²) in [6.07, 6.45) is 3.70. The zero-order valence-corrected chi connectivity index (χ0v) is 26.3. The number of aromatic nitrogens is 4. The highest BCUT2D eigenvalue weighted by atomic mass is 35.5. The van der Waals surface area contributed by atoms with Crippen molar-refractivity contribution >= 4 is 80.8 Å². The first-order valence-electron chi connectivity index (χ1n) is 13.5. The Morgan fingerprint density at radius 2 is 2.02 bits per heavy atom. The average Bonchev–Trinajstić information content (AvgIpc) is 3.60. The summed E-state index contributed by atoms with van der Waals surface area (Å²) in [6, 6.07) is 4.22. The molecular weight excluding hydrogens is 666 g/mol. The molecule has 2 aliphatic rings. The van der Waals surface area contributed by atoms with E-state index in [0.717, 1.165) is 21.9 Å². The second-order valence-corrected chi connectivity index (χ2v) is 12.6. The average molecular weight is 693 g/mol. The summed E-state index contributed by atoms with van der Waals surface area (Å²) in [7, 11) is 0. The number of hydrogen-bond acceptors (Lipinski definition) is 13. The summed E-state index contributed by atoms with van der Waals surface area (Å²) in [5, 5.41) is 41.2. The first-order valence-corrected chi connectivity index (χ1v) is 15.7. The van der Waals surface area contributed by atoms with Gasteiger partial charge in [0, 0.05) is 29.5 Å². The Hall–Kier alpha value is -4.72. The number of aliphatic hydroxyl groups excluding tert-OH is 1. The van der Waals surface area contributed by atoms with Crippen LogP contribution in [-0.4, -0.2) is 94.3 Å². The number of thioether (sulfide) groups is 1. The van der Waals surface area contributed by atoms with Gasteiger partial charge in [-0.25, -0.2) is 23.8 Å². The Kier molecular flexibility index (Phi) is 9.75. The number of fused-ring (bicyclic) bond motifs is 1. The van der Waals surface area contributed by atoms with Crippen LogP contribution in [0.4, 0.5) is 16.6 Å². The number of carbonyl (C=O) groups is 4. The number of rotatable bonds is 13. The van der Waals surface area contributed by atoms with Crippen molar-refractivity contribution in [2.24, 2.45) is 5.16 Å². The van der Waals surface area contributed by atoms with Crippen molar-refractivity contribution < 1.29 is 43.9 Å². The third-order valence-corrected chi connectivity index (χ3v) is 9.22. The number of carboxylic acid groups (broad SMARTS) is 2. The van der Waals surface area contributed by atoms with Gasteiger partial charge >= 0.3 is 11.9 Å². The molecule has 46 heavy (non-hydrogen) atoms. The number of carbonyl (C=O) groups excluding carboxylic acids is 2. The van der Waals surface area contributed by atoms with Crippen molar-refractivity contribution in [3.8, 4) is 0 Å². The molecule has 2 aliphatic heterocycles. The third-order valence-electron chi connectivity index (χ3n) is 6.79. The number of halogens is 1. The summed E-state index contributed by atoms with van der Waals surface area (Å²) >= 11 is 8.28. The van der Waals surface area contributed by atoms with E-state index in [1.54, 1.807) is 46.0 Å². The van der Waals surface area contributed by atoms with E-state index in [1.807, 2.05) is 0 Å². The van der Waals surface area contributed by atoms with Crippen molar-refractivity contribution in [2.75, 3.05) is 23.4 Å². The Morgan fingerprint density at radius 3 is 2.65 bits per heavy atom. The molecule has 3 aromatic heterocycles. The monoisotopic (exact) mass is 692 g/mol. The number of nitrogens with zero attached hydrogens (tertiary/aromatic N) is 6. The topological polar surface area (TPSA) is 238 Å². The van der Waals surface area contributed by atoms with Gasteiger partial charge in [0.15, 0.2) is 29.8 Å². The summed E-state index contributed by atoms with van der Waals surface area (Å²) in [5.74, 6) is -3.30. The fraction of sp³-hybridized carbons (Fsp3) is 0.308. The lowest BCUT2D eigenvalue weighted by molar-refractivity contribution is -0.688. The van der Waals surface area contributed by atoms with Gasteiger partial charge in [-0.15, -0.1) is 11.8 Å². The van der Waals surface area contributed by atoms with Crippen LogP contribution in [0.5, 0.6) is 0 Å². The van der Waals surface area contributed by atoms with E-state index in [9.17, 15) is 29.4 Å². The standard InChI is InChI=1S/C26H26ClN9O8S2/c1-12(24(40)41)44-33-17(16-20(27)46-26(28)32-16)21(38)31-18-22(39)36-19(25(42)43)13(11-45-23(18)36)10-34-6-3-14(4-7-34)30-15-2-5-29-35(15)8-9-37/h2-7,12,18,23,37H,8-11H2,1H3,(H5,28,31,32,38,40,41,42,43)/p+1/t12-,18+,23?/m0/s1. The number of pyridine rings is 1. The Balaban J connectivity index is 1.30. The van der Waals surface area contributed by atoms with Gasteiger partial charge in [0.05, 0.1) is 25.0 Å². The molecule has 3 atom stereocenters. The summed E-state index contributed by atoms with van der Waals surface area (Å²) in [6.45, 7) is 1.65. The van der Waals surface area contributed by atoms with Gasteiger partial charge in [-0.1, -0.05) is 28.1 Å². The van der Waals surface area contributed by atoms with Crippen molar-refractivity contribution in [2.45, 2.75) is 37.5 Å². The number of β-lactam (4-membered cyclic amide) rings is 1. The van der Waals surface area contributed by atoms with E-state index in [2.05, 4.69) is 25.9 Å². The first kappa shape index (κ1) is 32.7. The van der Waals surface area contributed by atoms with Crippen LogP contribution < -0.4 is 20.9 Å². The zero-order valence-electron chi connectivity index (χ0n) is 23.9. The molecule has 2 amide bonds. The molecule has 1 fully saturated rings. The predicted molar refractivity (Wildman–Crippen MR) is 165 cm³/mol. The van der Waals surface area contributed by atoms with Crippen LogP contribution in [-0.2, 0) is 37.1 Å². The number of amides is 2. The number of hydrogen-bond donors (Lipinski definition) is 6. The van der Waals surface area contributed by atoms with Crippen molar-refractivity contribution in [1.29, 1.82) is 0 Å². The van der Waals surface area contributed by atoms with Crippen LogP contribution in [0.1, 0.15) is 12.6 Å². The number of carboxylic acids is 2. The molecule has 20 heteroatoms. The number of anilines is 3. The maximum Gasteiger partial charge on any atom is 0.352 e. The number of oxime groups is 1. The maximum atomic E-state index is 13.3. The largest absolute Gasteiger partial charge is 0.478 e. The zero-order chi connectivity index (χ0) is 33.1. The fourth-order valence-electron chi connectivity index (χ4n) is 4.57. The Morgan fingerprint density at radius 1 is 1.28 bits per heavy atom. The van der Waals surface area contributed by atoms with Gasteiger partial charge in [-0.05, 0) is 6.92 Å². The van der Waals surface area contributed by atoms with Crippen LogP contribution in [0, 0.1) is 0 Å². The molecule has 5 heterocycles.